The van der Waals surface area contributed by atoms with Crippen LogP contribution in [0.4, 0.5) is 4.39 Å². The molecule has 1 N–H and O–H groups in total. The van der Waals surface area contributed by atoms with Gasteiger partial charge >= 0.3 is 0 Å². The minimum Gasteiger partial charge on any atom is -0.384 e. The summed E-state index contributed by atoms with van der Waals surface area (Å²) in [5.41, 5.74) is -1.29. The first-order valence-corrected chi connectivity index (χ1v) is 6.89. The highest BCUT2D eigenvalue weighted by atomic mass is 19.1. The van der Waals surface area contributed by atoms with Crippen LogP contribution in [0, 0.1) is 34.4 Å². The maximum absolute atomic E-state index is 13.0. The number of fused-ring (bicyclic) bond motifs is 2. The van der Waals surface area contributed by atoms with Crippen molar-refractivity contribution >= 4 is 0 Å². The second-order valence-electron chi connectivity index (χ2n) is 6.24. The summed E-state index contributed by atoms with van der Waals surface area (Å²) in [6.45, 7) is 1.71. The summed E-state index contributed by atoms with van der Waals surface area (Å²) in [5.74, 6) is 0.512. The molecule has 19 heavy (non-hydrogen) atoms. The van der Waals surface area contributed by atoms with Crippen LogP contribution < -0.4 is 0 Å². The summed E-state index contributed by atoms with van der Waals surface area (Å²) in [5, 5.41) is 20.7. The maximum atomic E-state index is 13.0. The van der Waals surface area contributed by atoms with Gasteiger partial charge < -0.3 is 5.11 Å². The van der Waals surface area contributed by atoms with Crippen LogP contribution in [0.25, 0.3) is 0 Å². The van der Waals surface area contributed by atoms with Gasteiger partial charge in [-0.05, 0) is 55.7 Å². The Morgan fingerprint density at radius 2 is 2.05 bits per heavy atom. The van der Waals surface area contributed by atoms with Crippen molar-refractivity contribution in [2.45, 2.75) is 38.2 Å². The van der Waals surface area contributed by atoms with E-state index >= 15 is 0 Å². The predicted molar refractivity (Wildman–Crippen MR) is 69.5 cm³/mol. The minimum absolute atomic E-state index is 0.266. The summed E-state index contributed by atoms with van der Waals surface area (Å²) in [6.07, 6.45) is 4.01. The van der Waals surface area contributed by atoms with E-state index in [1.54, 1.807) is 19.1 Å². The van der Waals surface area contributed by atoms with E-state index in [1.807, 2.05) is 0 Å². The molecule has 0 aromatic heterocycles. The van der Waals surface area contributed by atoms with E-state index < -0.39 is 11.0 Å². The largest absolute Gasteiger partial charge is 0.384 e. The fraction of sp³-hybridized carbons (Fsp3) is 0.562. The molecule has 0 saturated heterocycles. The van der Waals surface area contributed by atoms with E-state index in [2.05, 4.69) is 6.07 Å². The molecule has 3 rings (SSSR count). The fourth-order valence-electron chi connectivity index (χ4n) is 4.20. The molecule has 2 fully saturated rings. The van der Waals surface area contributed by atoms with Crippen LogP contribution in [0.1, 0.15) is 38.2 Å². The third-order valence-electron chi connectivity index (χ3n) is 5.32. The van der Waals surface area contributed by atoms with Gasteiger partial charge in [-0.2, -0.15) is 5.26 Å². The quantitative estimate of drug-likeness (QED) is 0.885. The zero-order valence-corrected chi connectivity index (χ0v) is 11.1. The summed E-state index contributed by atoms with van der Waals surface area (Å²) in [4.78, 5) is 0. The molecule has 2 aliphatic rings. The van der Waals surface area contributed by atoms with Crippen LogP contribution in [0.5, 0.6) is 0 Å². The average Bonchev–Trinajstić information content (AvgIpc) is 3.00. The Kier molecular flexibility index (Phi) is 2.69. The second kappa shape index (κ2) is 4.05. The smallest absolute Gasteiger partial charge is 0.123 e. The van der Waals surface area contributed by atoms with Crippen LogP contribution in [-0.4, -0.2) is 5.11 Å². The van der Waals surface area contributed by atoms with E-state index in [1.165, 1.54) is 18.6 Å². The van der Waals surface area contributed by atoms with Gasteiger partial charge in [0.05, 0.1) is 11.5 Å². The number of nitriles is 1. The first-order valence-electron chi connectivity index (χ1n) is 6.89. The van der Waals surface area contributed by atoms with Crippen LogP contribution >= 0.6 is 0 Å². The van der Waals surface area contributed by atoms with Crippen LogP contribution in [0.3, 0.4) is 0 Å². The molecular formula is C16H18FNO. The van der Waals surface area contributed by atoms with Crippen LogP contribution in [0.2, 0.25) is 0 Å². The number of hydrogen-bond donors (Lipinski definition) is 1. The molecule has 4 unspecified atom stereocenters. The Labute approximate surface area is 112 Å². The molecular weight excluding hydrogens is 241 g/mol. The van der Waals surface area contributed by atoms with Crippen LogP contribution in [0.15, 0.2) is 24.3 Å². The van der Waals surface area contributed by atoms with Gasteiger partial charge in [0.15, 0.2) is 0 Å². The Bertz CT molecular complexity index is 531. The van der Waals surface area contributed by atoms with Crippen molar-refractivity contribution in [3.05, 3.63) is 35.6 Å². The summed E-state index contributed by atoms with van der Waals surface area (Å²) >= 11 is 0. The van der Waals surface area contributed by atoms with Crippen molar-refractivity contribution in [1.29, 1.82) is 5.26 Å². The molecule has 0 aliphatic heterocycles. The van der Waals surface area contributed by atoms with Gasteiger partial charge in [0.1, 0.15) is 11.4 Å². The summed E-state index contributed by atoms with van der Waals surface area (Å²) < 4.78 is 13.0. The Balaban J connectivity index is 2.03. The molecule has 3 heteroatoms. The molecule has 2 saturated carbocycles. The predicted octanol–water partition coefficient (Wildman–Crippen LogP) is 3.36. The van der Waals surface area contributed by atoms with Gasteiger partial charge in [0, 0.05) is 0 Å². The van der Waals surface area contributed by atoms with E-state index in [0.29, 0.717) is 11.5 Å². The Hall–Kier alpha value is -1.40. The monoisotopic (exact) mass is 259 g/mol. The fourth-order valence-corrected chi connectivity index (χ4v) is 4.20. The molecule has 1 aromatic carbocycles. The molecule has 2 nitrogen and oxygen atoms in total. The molecule has 0 spiro atoms. The van der Waals surface area contributed by atoms with Crippen molar-refractivity contribution in [3.8, 4) is 6.07 Å². The number of halogens is 1. The second-order valence-corrected chi connectivity index (χ2v) is 6.24. The van der Waals surface area contributed by atoms with Crippen molar-refractivity contribution in [2.75, 3.05) is 0 Å². The Morgan fingerprint density at radius 3 is 2.53 bits per heavy atom. The number of hydrogen-bond acceptors (Lipinski definition) is 2. The average molecular weight is 259 g/mol. The summed E-state index contributed by atoms with van der Waals surface area (Å²) in [7, 11) is 0. The van der Waals surface area contributed by atoms with E-state index in [4.69, 9.17) is 0 Å². The molecule has 4 atom stereocenters. The van der Waals surface area contributed by atoms with E-state index in [-0.39, 0.29) is 11.7 Å². The van der Waals surface area contributed by atoms with Gasteiger partial charge in [-0.25, -0.2) is 4.39 Å². The minimum atomic E-state index is -1.21. The number of rotatable bonds is 2. The van der Waals surface area contributed by atoms with Gasteiger partial charge in [-0.1, -0.05) is 18.6 Å². The lowest BCUT2D eigenvalue weighted by Crippen LogP contribution is -2.46. The molecule has 1 aromatic rings. The van der Waals surface area contributed by atoms with Crippen LogP contribution in [-0.2, 0) is 5.60 Å². The highest BCUT2D eigenvalue weighted by Crippen LogP contribution is 2.62. The molecule has 2 aliphatic carbocycles. The molecule has 0 heterocycles. The lowest BCUT2D eigenvalue weighted by Gasteiger charge is -2.43. The number of benzene rings is 1. The molecule has 0 amide bonds. The molecule has 2 bridgehead atoms. The number of aliphatic hydroxyl groups is 1. The Morgan fingerprint density at radius 1 is 1.37 bits per heavy atom. The van der Waals surface area contributed by atoms with Gasteiger partial charge in [-0.3, -0.25) is 0 Å². The first-order chi connectivity index (χ1) is 8.99. The lowest BCUT2D eigenvalue weighted by molar-refractivity contribution is -0.0734. The van der Waals surface area contributed by atoms with Crippen molar-refractivity contribution in [1.82, 2.24) is 0 Å². The highest BCUT2D eigenvalue weighted by molar-refractivity contribution is 5.31. The first kappa shape index (κ1) is 12.6. The standard InChI is InChI=1S/C16H18FNO/c1-15(19,12-4-6-14(17)7-5-12)16(10-18)9-11-2-3-13(16)8-11/h4-7,11,13,19H,2-3,8-9H2,1H3. The zero-order chi connectivity index (χ0) is 13.7. The summed E-state index contributed by atoms with van der Waals surface area (Å²) in [6, 6.07) is 8.31. The zero-order valence-electron chi connectivity index (χ0n) is 11.1. The van der Waals surface area contributed by atoms with Crippen molar-refractivity contribution in [3.63, 3.8) is 0 Å². The SMILES string of the molecule is CC(O)(c1ccc(F)cc1)C1(C#N)CC2CCC1C2. The third-order valence-corrected chi connectivity index (χ3v) is 5.32. The van der Waals surface area contributed by atoms with Crippen molar-refractivity contribution < 1.29 is 9.50 Å². The highest BCUT2D eigenvalue weighted by Gasteiger charge is 2.60. The third kappa shape index (κ3) is 1.63. The van der Waals surface area contributed by atoms with Gasteiger partial charge in [-0.15, -0.1) is 0 Å². The lowest BCUT2D eigenvalue weighted by atomic mass is 9.61. The van der Waals surface area contributed by atoms with E-state index in [0.717, 1.165) is 19.3 Å². The van der Waals surface area contributed by atoms with Gasteiger partial charge in [0.25, 0.3) is 0 Å². The van der Waals surface area contributed by atoms with E-state index in [9.17, 15) is 14.8 Å². The van der Waals surface area contributed by atoms with Gasteiger partial charge in [0.2, 0.25) is 0 Å². The maximum Gasteiger partial charge on any atom is 0.123 e. The van der Waals surface area contributed by atoms with Crippen molar-refractivity contribution in [2.24, 2.45) is 17.3 Å². The molecule has 0 radical (unpaired) electrons. The molecule has 100 valence electrons. The topological polar surface area (TPSA) is 44.0 Å². The number of nitrogens with zero attached hydrogens (tertiary/aromatic N) is 1. The normalized spacial score (nSPS) is 35.9.